The summed E-state index contributed by atoms with van der Waals surface area (Å²) >= 11 is 0. The van der Waals surface area contributed by atoms with Crippen LogP contribution in [0.25, 0.3) is 0 Å². The van der Waals surface area contributed by atoms with Crippen LogP contribution < -0.4 is 0 Å². The first-order valence-corrected chi connectivity index (χ1v) is 7.06. The first-order chi connectivity index (χ1) is 10.4. The summed E-state index contributed by atoms with van der Waals surface area (Å²) in [7, 11) is 0. The SMILES string of the molecule is CC(C)=CCC/C(=C/Cc1c(C(=O)O)ccc(O)c1O)CO. The number of aromatic hydroxyl groups is 2. The predicted molar refractivity (Wildman–Crippen MR) is 84.3 cm³/mol. The lowest BCUT2D eigenvalue weighted by Gasteiger charge is -2.09. The topological polar surface area (TPSA) is 98.0 Å². The van der Waals surface area contributed by atoms with Gasteiger partial charge in [0.15, 0.2) is 11.5 Å². The van der Waals surface area contributed by atoms with Crippen molar-refractivity contribution in [3.63, 3.8) is 0 Å². The van der Waals surface area contributed by atoms with Crippen LogP contribution in [-0.4, -0.2) is 33.0 Å². The summed E-state index contributed by atoms with van der Waals surface area (Å²) in [6.45, 7) is 3.86. The molecule has 0 saturated heterocycles. The first kappa shape index (κ1) is 17.8. The van der Waals surface area contributed by atoms with Gasteiger partial charge < -0.3 is 20.4 Å². The summed E-state index contributed by atoms with van der Waals surface area (Å²) < 4.78 is 0. The number of allylic oxidation sites excluding steroid dienone is 3. The molecule has 0 heterocycles. The van der Waals surface area contributed by atoms with Gasteiger partial charge in [-0.05, 0) is 50.8 Å². The zero-order chi connectivity index (χ0) is 16.7. The van der Waals surface area contributed by atoms with E-state index in [2.05, 4.69) is 6.08 Å². The molecule has 0 radical (unpaired) electrons. The first-order valence-electron chi connectivity index (χ1n) is 7.06. The molecule has 0 aliphatic heterocycles. The van der Waals surface area contributed by atoms with Crippen molar-refractivity contribution >= 4 is 5.97 Å². The molecule has 1 aromatic rings. The zero-order valence-electron chi connectivity index (χ0n) is 12.8. The molecule has 0 spiro atoms. The van der Waals surface area contributed by atoms with Gasteiger partial charge in [-0.3, -0.25) is 0 Å². The largest absolute Gasteiger partial charge is 0.504 e. The van der Waals surface area contributed by atoms with Gasteiger partial charge >= 0.3 is 5.97 Å². The number of hydrogen-bond acceptors (Lipinski definition) is 4. The Bertz CT molecular complexity index is 595. The van der Waals surface area contributed by atoms with Crippen molar-refractivity contribution in [3.05, 3.63) is 46.6 Å². The minimum absolute atomic E-state index is 0.0619. The number of rotatable bonds is 7. The highest BCUT2D eigenvalue weighted by Crippen LogP contribution is 2.32. The van der Waals surface area contributed by atoms with E-state index < -0.39 is 11.7 Å². The molecule has 5 heteroatoms. The quantitative estimate of drug-likeness (QED) is 0.458. The highest BCUT2D eigenvalue weighted by molar-refractivity contribution is 5.90. The lowest BCUT2D eigenvalue weighted by molar-refractivity contribution is 0.0695. The third kappa shape index (κ3) is 4.93. The Hall–Kier alpha value is -2.27. The summed E-state index contributed by atoms with van der Waals surface area (Å²) in [6, 6.07) is 2.40. The van der Waals surface area contributed by atoms with Crippen LogP contribution in [0.15, 0.2) is 35.4 Å². The van der Waals surface area contributed by atoms with Gasteiger partial charge in [-0.15, -0.1) is 0 Å². The minimum atomic E-state index is -1.17. The molecular formula is C17H22O5. The van der Waals surface area contributed by atoms with Crippen molar-refractivity contribution < 1.29 is 25.2 Å². The number of aromatic carboxylic acids is 1. The van der Waals surface area contributed by atoms with Crippen LogP contribution in [0.4, 0.5) is 0 Å². The highest BCUT2D eigenvalue weighted by Gasteiger charge is 2.16. The van der Waals surface area contributed by atoms with Crippen molar-refractivity contribution in [1.29, 1.82) is 0 Å². The van der Waals surface area contributed by atoms with Crippen molar-refractivity contribution in [3.8, 4) is 11.5 Å². The molecule has 0 aliphatic rings. The number of hydrogen-bond donors (Lipinski definition) is 4. The van der Waals surface area contributed by atoms with Crippen molar-refractivity contribution in [2.24, 2.45) is 0 Å². The van der Waals surface area contributed by atoms with Gasteiger partial charge in [0.25, 0.3) is 0 Å². The van der Waals surface area contributed by atoms with Gasteiger partial charge in [-0.2, -0.15) is 0 Å². The Labute approximate surface area is 129 Å². The monoisotopic (exact) mass is 306 g/mol. The van der Waals surface area contributed by atoms with Crippen molar-refractivity contribution in [1.82, 2.24) is 0 Å². The van der Waals surface area contributed by atoms with Crippen LogP contribution in [0.5, 0.6) is 11.5 Å². The van der Waals surface area contributed by atoms with E-state index in [4.69, 9.17) is 5.11 Å². The number of phenolic OH excluding ortho intramolecular Hbond substituents is 2. The molecule has 5 nitrogen and oxygen atoms in total. The van der Waals surface area contributed by atoms with Crippen LogP contribution in [0.3, 0.4) is 0 Å². The Morgan fingerprint density at radius 1 is 1.18 bits per heavy atom. The van der Waals surface area contributed by atoms with E-state index in [1.165, 1.54) is 11.6 Å². The Kier molecular flexibility index (Phi) is 6.66. The Morgan fingerprint density at radius 3 is 2.41 bits per heavy atom. The second-order valence-electron chi connectivity index (χ2n) is 5.31. The molecule has 0 amide bonds. The fraction of sp³-hybridized carbons (Fsp3) is 0.353. The molecular weight excluding hydrogens is 284 g/mol. The maximum absolute atomic E-state index is 11.2. The molecule has 1 aromatic carbocycles. The van der Waals surface area contributed by atoms with E-state index in [0.29, 0.717) is 6.42 Å². The van der Waals surface area contributed by atoms with Crippen molar-refractivity contribution in [2.45, 2.75) is 33.1 Å². The average molecular weight is 306 g/mol. The molecule has 0 aromatic heterocycles. The maximum Gasteiger partial charge on any atom is 0.336 e. The lowest BCUT2D eigenvalue weighted by Crippen LogP contribution is -2.03. The highest BCUT2D eigenvalue weighted by atomic mass is 16.4. The number of aliphatic hydroxyl groups excluding tert-OH is 1. The molecule has 0 saturated carbocycles. The third-order valence-corrected chi connectivity index (χ3v) is 3.31. The number of carboxylic acid groups (broad SMARTS) is 1. The lowest BCUT2D eigenvalue weighted by atomic mass is 10.00. The molecule has 0 bridgehead atoms. The summed E-state index contributed by atoms with van der Waals surface area (Å²) in [4.78, 5) is 11.2. The van der Waals surface area contributed by atoms with E-state index >= 15 is 0 Å². The summed E-state index contributed by atoms with van der Waals surface area (Å²) in [6.07, 6.45) is 5.32. The van der Waals surface area contributed by atoms with Crippen LogP contribution in [0.1, 0.15) is 42.6 Å². The summed E-state index contributed by atoms with van der Waals surface area (Å²) in [5.74, 6) is -1.96. The standard InChI is InChI=1S/C17H22O5/c1-11(2)4-3-5-12(10-18)6-7-13-14(17(21)22)8-9-15(19)16(13)20/h4,6,8-9,18-20H,3,5,7,10H2,1-2H3,(H,21,22)/b12-6-. The van der Waals surface area contributed by atoms with E-state index in [-0.39, 0.29) is 29.9 Å². The molecule has 0 fully saturated rings. The molecule has 1 rings (SSSR count). The van der Waals surface area contributed by atoms with Crippen molar-refractivity contribution in [2.75, 3.05) is 6.61 Å². The second kappa shape index (κ2) is 8.24. The van der Waals surface area contributed by atoms with Gasteiger partial charge in [0.05, 0.1) is 12.2 Å². The number of phenols is 2. The number of benzene rings is 1. The zero-order valence-corrected chi connectivity index (χ0v) is 12.8. The van der Waals surface area contributed by atoms with Crippen LogP contribution in [0.2, 0.25) is 0 Å². The minimum Gasteiger partial charge on any atom is -0.504 e. The molecule has 120 valence electrons. The maximum atomic E-state index is 11.2. The number of carbonyl (C=O) groups is 1. The van der Waals surface area contributed by atoms with Crippen LogP contribution >= 0.6 is 0 Å². The molecule has 22 heavy (non-hydrogen) atoms. The van der Waals surface area contributed by atoms with Gasteiger partial charge in [0.1, 0.15) is 0 Å². The Balaban J connectivity index is 2.97. The van der Waals surface area contributed by atoms with E-state index in [0.717, 1.165) is 18.1 Å². The molecule has 0 unspecified atom stereocenters. The van der Waals surface area contributed by atoms with Gasteiger partial charge in [0, 0.05) is 5.56 Å². The molecule has 4 N–H and O–H groups in total. The summed E-state index contributed by atoms with van der Waals surface area (Å²) in [5, 5.41) is 37.8. The Morgan fingerprint density at radius 2 is 1.86 bits per heavy atom. The van der Waals surface area contributed by atoms with Crippen LogP contribution in [-0.2, 0) is 6.42 Å². The molecule has 0 aliphatic carbocycles. The summed E-state index contributed by atoms with van der Waals surface area (Å²) in [5.41, 5.74) is 2.03. The van der Waals surface area contributed by atoms with E-state index in [1.807, 2.05) is 13.8 Å². The molecule has 0 atom stereocenters. The third-order valence-electron chi connectivity index (χ3n) is 3.31. The fourth-order valence-electron chi connectivity index (χ4n) is 2.07. The average Bonchev–Trinajstić information content (AvgIpc) is 2.45. The fourth-order valence-corrected chi connectivity index (χ4v) is 2.07. The number of carboxylic acids is 1. The van der Waals surface area contributed by atoms with Gasteiger partial charge in [-0.25, -0.2) is 4.79 Å². The van der Waals surface area contributed by atoms with E-state index in [9.17, 15) is 20.1 Å². The van der Waals surface area contributed by atoms with E-state index in [1.54, 1.807) is 6.08 Å². The second-order valence-corrected chi connectivity index (χ2v) is 5.31. The van der Waals surface area contributed by atoms with Gasteiger partial charge in [-0.1, -0.05) is 17.7 Å². The van der Waals surface area contributed by atoms with Crippen LogP contribution in [0, 0.1) is 0 Å². The normalized spacial score (nSPS) is 11.3. The predicted octanol–water partition coefficient (Wildman–Crippen LogP) is 3.00. The van der Waals surface area contributed by atoms with Gasteiger partial charge in [0.2, 0.25) is 0 Å². The number of aliphatic hydroxyl groups is 1. The smallest absolute Gasteiger partial charge is 0.336 e.